The van der Waals surface area contributed by atoms with Gasteiger partial charge in [-0.25, -0.2) is 0 Å². The molecule has 4 heteroatoms. The summed E-state index contributed by atoms with van der Waals surface area (Å²) < 4.78 is 11.2. The van der Waals surface area contributed by atoms with Crippen molar-refractivity contribution < 1.29 is 9.47 Å². The van der Waals surface area contributed by atoms with E-state index in [2.05, 4.69) is 36.5 Å². The van der Waals surface area contributed by atoms with Crippen LogP contribution in [0, 0.1) is 6.92 Å². The fraction of sp³-hybridized carbons (Fsp3) is 0.294. The molecule has 2 rings (SSSR count). The monoisotopic (exact) mass is 305 g/mol. The fourth-order valence-corrected chi connectivity index (χ4v) is 2.24. The predicted octanol–water partition coefficient (Wildman–Crippen LogP) is 3.96. The Labute approximate surface area is 130 Å². The summed E-state index contributed by atoms with van der Waals surface area (Å²) in [5, 5.41) is 3.75. The summed E-state index contributed by atoms with van der Waals surface area (Å²) in [6.45, 7) is 3.24. The van der Waals surface area contributed by atoms with Gasteiger partial charge in [-0.3, -0.25) is 0 Å². The minimum Gasteiger partial charge on any atom is -0.493 e. The minimum absolute atomic E-state index is 0.484. The van der Waals surface area contributed by atoms with Gasteiger partial charge in [0.1, 0.15) is 6.61 Å². The molecule has 0 amide bonds. The van der Waals surface area contributed by atoms with Crippen LogP contribution in [-0.2, 0) is 13.2 Å². The van der Waals surface area contributed by atoms with E-state index in [4.69, 9.17) is 21.1 Å². The van der Waals surface area contributed by atoms with Crippen LogP contribution in [0.25, 0.3) is 0 Å². The van der Waals surface area contributed by atoms with E-state index in [1.54, 1.807) is 13.2 Å². The first-order chi connectivity index (χ1) is 10.1. The minimum atomic E-state index is 0.484. The number of aryl methyl sites for hydroxylation is 1. The molecule has 1 N–H and O–H groups in total. The average molecular weight is 306 g/mol. The highest BCUT2D eigenvalue weighted by Gasteiger charge is 2.10. The van der Waals surface area contributed by atoms with Crippen LogP contribution in [0.1, 0.15) is 16.7 Å². The third-order valence-corrected chi connectivity index (χ3v) is 3.57. The second-order valence-corrected chi connectivity index (χ2v) is 5.31. The molecule has 0 fully saturated rings. The lowest BCUT2D eigenvalue weighted by Gasteiger charge is -2.14. The van der Waals surface area contributed by atoms with Gasteiger partial charge in [-0.2, -0.15) is 0 Å². The number of benzene rings is 2. The molecule has 0 unspecified atom stereocenters. The van der Waals surface area contributed by atoms with Gasteiger partial charge in [0.05, 0.1) is 7.11 Å². The molecular formula is C17H20ClNO2. The number of hydrogen-bond acceptors (Lipinski definition) is 3. The Balaban J connectivity index is 2.15. The zero-order valence-electron chi connectivity index (χ0n) is 12.6. The quantitative estimate of drug-likeness (QED) is 0.876. The van der Waals surface area contributed by atoms with Crippen LogP contribution in [0.4, 0.5) is 0 Å². The van der Waals surface area contributed by atoms with E-state index >= 15 is 0 Å². The summed E-state index contributed by atoms with van der Waals surface area (Å²) in [7, 11) is 3.51. The Kier molecular flexibility index (Phi) is 5.48. The van der Waals surface area contributed by atoms with E-state index in [0.29, 0.717) is 29.7 Å². The topological polar surface area (TPSA) is 30.5 Å². The molecule has 0 saturated carbocycles. The lowest BCUT2D eigenvalue weighted by molar-refractivity contribution is 0.284. The van der Waals surface area contributed by atoms with Crippen molar-refractivity contribution in [3.63, 3.8) is 0 Å². The second-order valence-electron chi connectivity index (χ2n) is 4.90. The van der Waals surface area contributed by atoms with Crippen LogP contribution < -0.4 is 14.8 Å². The molecule has 3 nitrogen and oxygen atoms in total. The van der Waals surface area contributed by atoms with Crippen LogP contribution in [-0.4, -0.2) is 14.2 Å². The van der Waals surface area contributed by atoms with Gasteiger partial charge in [-0.15, -0.1) is 0 Å². The Morgan fingerprint density at radius 3 is 2.43 bits per heavy atom. The summed E-state index contributed by atoms with van der Waals surface area (Å²) in [6.07, 6.45) is 0. The molecule has 0 radical (unpaired) electrons. The van der Waals surface area contributed by atoms with E-state index in [-0.39, 0.29) is 0 Å². The van der Waals surface area contributed by atoms with Crippen LogP contribution in [0.15, 0.2) is 36.4 Å². The highest BCUT2D eigenvalue weighted by Crippen LogP contribution is 2.33. The maximum atomic E-state index is 6.26. The third-order valence-electron chi connectivity index (χ3n) is 3.21. The van der Waals surface area contributed by atoms with Gasteiger partial charge in [0.25, 0.3) is 0 Å². The molecule has 2 aromatic rings. The maximum Gasteiger partial charge on any atom is 0.163 e. The molecule has 0 aliphatic heterocycles. The van der Waals surface area contributed by atoms with Crippen molar-refractivity contribution in [2.45, 2.75) is 20.1 Å². The van der Waals surface area contributed by atoms with Crippen molar-refractivity contribution >= 4 is 11.6 Å². The van der Waals surface area contributed by atoms with Gasteiger partial charge in [-0.1, -0.05) is 41.4 Å². The molecule has 0 atom stereocenters. The second kappa shape index (κ2) is 7.34. The zero-order chi connectivity index (χ0) is 15.2. The Morgan fingerprint density at radius 2 is 1.81 bits per heavy atom. The van der Waals surface area contributed by atoms with E-state index in [9.17, 15) is 0 Å². The standard InChI is InChI=1S/C17H20ClNO2/c1-12-4-6-13(7-5-12)11-21-17-9-15(18)14(10-19-2)8-16(17)20-3/h4-9,19H,10-11H2,1-3H3. The van der Waals surface area contributed by atoms with Gasteiger partial charge in [0.2, 0.25) is 0 Å². The van der Waals surface area contributed by atoms with E-state index < -0.39 is 0 Å². The van der Waals surface area contributed by atoms with E-state index in [1.165, 1.54) is 5.56 Å². The highest BCUT2D eigenvalue weighted by atomic mass is 35.5. The molecule has 0 aromatic heterocycles. The molecule has 21 heavy (non-hydrogen) atoms. The number of methoxy groups -OCH3 is 1. The van der Waals surface area contributed by atoms with Crippen LogP contribution in [0.3, 0.4) is 0 Å². The number of hydrogen-bond donors (Lipinski definition) is 1. The Hall–Kier alpha value is -1.71. The largest absolute Gasteiger partial charge is 0.493 e. The number of ether oxygens (including phenoxy) is 2. The smallest absolute Gasteiger partial charge is 0.163 e. The lowest BCUT2D eigenvalue weighted by Crippen LogP contribution is -2.06. The van der Waals surface area contributed by atoms with Crippen molar-refractivity contribution in [2.24, 2.45) is 0 Å². The first kappa shape index (κ1) is 15.7. The first-order valence-electron chi connectivity index (χ1n) is 6.83. The Bertz CT molecular complexity index is 596. The average Bonchev–Trinajstić information content (AvgIpc) is 2.49. The summed E-state index contributed by atoms with van der Waals surface area (Å²) in [5.74, 6) is 1.35. The molecule has 0 bridgehead atoms. The van der Waals surface area contributed by atoms with Gasteiger partial charge in [-0.05, 0) is 31.2 Å². The molecule has 0 aliphatic carbocycles. The van der Waals surface area contributed by atoms with Gasteiger partial charge >= 0.3 is 0 Å². The van der Waals surface area contributed by atoms with E-state index in [0.717, 1.165) is 11.1 Å². The highest BCUT2D eigenvalue weighted by molar-refractivity contribution is 6.31. The number of nitrogens with one attached hydrogen (secondary N) is 1. The van der Waals surface area contributed by atoms with Gasteiger partial charge in [0.15, 0.2) is 11.5 Å². The molecular weight excluding hydrogens is 286 g/mol. The van der Waals surface area contributed by atoms with Crippen molar-refractivity contribution in [3.8, 4) is 11.5 Å². The van der Waals surface area contributed by atoms with Crippen LogP contribution in [0.5, 0.6) is 11.5 Å². The summed E-state index contributed by atoms with van der Waals surface area (Å²) in [4.78, 5) is 0. The van der Waals surface area contributed by atoms with Gasteiger partial charge < -0.3 is 14.8 Å². The third kappa shape index (κ3) is 4.13. The summed E-state index contributed by atoms with van der Waals surface area (Å²) >= 11 is 6.26. The molecule has 0 saturated heterocycles. The summed E-state index contributed by atoms with van der Waals surface area (Å²) in [5.41, 5.74) is 3.33. The van der Waals surface area contributed by atoms with Gasteiger partial charge in [0, 0.05) is 17.6 Å². The van der Waals surface area contributed by atoms with Crippen molar-refractivity contribution in [2.75, 3.05) is 14.2 Å². The number of rotatable bonds is 6. The maximum absolute atomic E-state index is 6.26. The molecule has 0 aliphatic rings. The zero-order valence-corrected chi connectivity index (χ0v) is 13.3. The lowest BCUT2D eigenvalue weighted by atomic mass is 10.1. The molecule has 112 valence electrons. The van der Waals surface area contributed by atoms with Crippen molar-refractivity contribution in [1.29, 1.82) is 0 Å². The van der Waals surface area contributed by atoms with Crippen LogP contribution in [0.2, 0.25) is 5.02 Å². The molecule has 2 aromatic carbocycles. The SMILES string of the molecule is CNCc1cc(OC)c(OCc2ccc(C)cc2)cc1Cl. The molecule has 0 heterocycles. The normalized spacial score (nSPS) is 10.5. The Morgan fingerprint density at radius 1 is 1.10 bits per heavy atom. The number of halogens is 1. The first-order valence-corrected chi connectivity index (χ1v) is 7.21. The van der Waals surface area contributed by atoms with E-state index in [1.807, 2.05) is 13.1 Å². The van der Waals surface area contributed by atoms with Crippen molar-refractivity contribution in [3.05, 3.63) is 58.1 Å². The van der Waals surface area contributed by atoms with Crippen molar-refractivity contribution in [1.82, 2.24) is 5.32 Å². The van der Waals surface area contributed by atoms with Crippen LogP contribution >= 0.6 is 11.6 Å². The fourth-order valence-electron chi connectivity index (χ4n) is 2.02. The predicted molar refractivity (Wildman–Crippen MR) is 86.3 cm³/mol. The summed E-state index contributed by atoms with van der Waals surface area (Å²) in [6, 6.07) is 12.0. The molecule has 0 spiro atoms.